The number of halogens is 1. The van der Waals surface area contributed by atoms with E-state index in [4.69, 9.17) is 17.0 Å². The molecule has 0 unspecified atom stereocenters. The number of nitrogens with zero attached hydrogens (tertiary/aromatic N) is 1. The predicted molar refractivity (Wildman–Crippen MR) is 146 cm³/mol. The van der Waals surface area contributed by atoms with E-state index < -0.39 is 0 Å². The molecule has 0 saturated heterocycles. The molecule has 3 aromatic rings. The molecule has 8 heteroatoms. The lowest BCUT2D eigenvalue weighted by Gasteiger charge is -2.33. The summed E-state index contributed by atoms with van der Waals surface area (Å²) in [6.07, 6.45) is 2.92. The van der Waals surface area contributed by atoms with Crippen LogP contribution in [-0.4, -0.2) is 18.1 Å². The lowest BCUT2D eigenvalue weighted by Crippen LogP contribution is -2.34. The molecule has 4 rings (SSSR count). The first kappa shape index (κ1) is 24.6. The van der Waals surface area contributed by atoms with Crippen LogP contribution in [0.5, 0.6) is 5.75 Å². The number of carbonyl (C=O) groups excluding carboxylic acids is 1. The van der Waals surface area contributed by atoms with E-state index in [0.29, 0.717) is 32.3 Å². The molecule has 0 radical (unpaired) electrons. The number of thiocarbonyl (C=S) groups is 1. The van der Waals surface area contributed by atoms with Gasteiger partial charge in [-0.15, -0.1) is 11.3 Å². The van der Waals surface area contributed by atoms with Crippen LogP contribution in [0, 0.1) is 22.7 Å². The fourth-order valence-electron chi connectivity index (χ4n) is 4.49. The zero-order chi connectivity index (χ0) is 24.6. The van der Waals surface area contributed by atoms with Gasteiger partial charge in [-0.1, -0.05) is 45.0 Å². The van der Waals surface area contributed by atoms with Gasteiger partial charge in [-0.05, 0) is 81.1 Å². The van der Waals surface area contributed by atoms with Crippen LogP contribution in [0.1, 0.15) is 53.6 Å². The van der Waals surface area contributed by atoms with Gasteiger partial charge in [0.2, 0.25) is 0 Å². The van der Waals surface area contributed by atoms with Crippen LogP contribution in [0.25, 0.3) is 10.8 Å². The number of hydrogen-bond acceptors (Lipinski definition) is 5. The highest BCUT2D eigenvalue weighted by molar-refractivity contribution is 9.10. The lowest BCUT2D eigenvalue weighted by molar-refractivity contribution is 0.0975. The Morgan fingerprint density at radius 3 is 2.74 bits per heavy atom. The van der Waals surface area contributed by atoms with Gasteiger partial charge in [0.15, 0.2) is 5.11 Å². The van der Waals surface area contributed by atoms with E-state index in [1.54, 1.807) is 17.4 Å². The van der Waals surface area contributed by atoms with E-state index in [0.717, 1.165) is 35.6 Å². The molecule has 2 N–H and O–H groups in total. The number of thiophene rings is 1. The number of anilines is 1. The second kappa shape index (κ2) is 9.65. The Bertz CT molecular complexity index is 1330. The lowest BCUT2D eigenvalue weighted by atomic mass is 9.72. The van der Waals surface area contributed by atoms with Crippen LogP contribution in [0.3, 0.4) is 0 Å². The van der Waals surface area contributed by atoms with Crippen molar-refractivity contribution in [3.8, 4) is 11.8 Å². The van der Waals surface area contributed by atoms with Crippen molar-refractivity contribution in [2.45, 2.75) is 40.0 Å². The van der Waals surface area contributed by atoms with Crippen LogP contribution in [0.15, 0.2) is 34.8 Å². The monoisotopic (exact) mass is 555 g/mol. The molecule has 1 atom stereocenters. The summed E-state index contributed by atoms with van der Waals surface area (Å²) in [6, 6.07) is 11.9. The molecule has 5 nitrogen and oxygen atoms in total. The highest BCUT2D eigenvalue weighted by Gasteiger charge is 2.32. The Labute approximate surface area is 217 Å². The van der Waals surface area contributed by atoms with Gasteiger partial charge in [0.1, 0.15) is 16.8 Å². The second-order valence-electron chi connectivity index (χ2n) is 9.53. The highest BCUT2D eigenvalue weighted by atomic mass is 79.9. The first-order valence-electron chi connectivity index (χ1n) is 11.1. The number of fused-ring (bicyclic) bond motifs is 2. The number of ether oxygens (including phenoxy) is 1. The molecule has 1 aromatic heterocycles. The van der Waals surface area contributed by atoms with Crippen molar-refractivity contribution in [1.82, 2.24) is 5.32 Å². The molecule has 0 bridgehead atoms. The number of methoxy groups -OCH3 is 1. The topological polar surface area (TPSA) is 74.2 Å². The molecule has 1 amide bonds. The van der Waals surface area contributed by atoms with Crippen LogP contribution >= 0.6 is 39.5 Å². The van der Waals surface area contributed by atoms with Gasteiger partial charge in [0.25, 0.3) is 5.91 Å². The maximum Gasteiger partial charge on any atom is 0.261 e. The summed E-state index contributed by atoms with van der Waals surface area (Å²) in [7, 11) is 1.53. The fourth-order valence-corrected chi connectivity index (χ4v) is 6.77. The molecule has 1 aliphatic carbocycles. The van der Waals surface area contributed by atoms with Crippen molar-refractivity contribution in [3.05, 3.63) is 56.4 Å². The van der Waals surface area contributed by atoms with Crippen LogP contribution in [-0.2, 0) is 12.8 Å². The third kappa shape index (κ3) is 4.70. The molecule has 0 fully saturated rings. The Kier molecular flexibility index (Phi) is 6.99. The number of hydrogen-bond donors (Lipinski definition) is 2. The molecule has 0 saturated carbocycles. The first-order chi connectivity index (χ1) is 16.1. The third-order valence-electron chi connectivity index (χ3n) is 6.45. The standard InChI is InChI=1S/C26H26BrN3O2S2/c1-26(2,3)15-9-10-17-19(13-28)24(34-20(17)12-15)30-25(33)29-23(31)18-11-14-7-5-6-8-16(14)21(27)22(18)32-4/h5-8,11,15H,9-10,12H2,1-4H3,(H2,29,30,31,33)/t15-/m1/s1. The van der Waals surface area contributed by atoms with Crippen molar-refractivity contribution in [1.29, 1.82) is 5.26 Å². The minimum absolute atomic E-state index is 0.152. The summed E-state index contributed by atoms with van der Waals surface area (Å²) in [5.41, 5.74) is 2.34. The second-order valence-corrected chi connectivity index (χ2v) is 11.8. The maximum absolute atomic E-state index is 13.1. The first-order valence-corrected chi connectivity index (χ1v) is 13.1. The Morgan fingerprint density at radius 1 is 1.32 bits per heavy atom. The van der Waals surface area contributed by atoms with Crippen molar-refractivity contribution < 1.29 is 9.53 Å². The SMILES string of the molecule is COc1c(C(=O)NC(=S)Nc2sc3c(c2C#N)CC[C@@H](C(C)(C)C)C3)cc2ccccc2c1Br. The molecule has 176 valence electrons. The smallest absolute Gasteiger partial charge is 0.261 e. The number of rotatable bonds is 3. The van der Waals surface area contributed by atoms with E-state index in [1.165, 1.54) is 12.0 Å². The average molecular weight is 557 g/mol. The Morgan fingerprint density at radius 2 is 2.06 bits per heavy atom. The average Bonchev–Trinajstić information content (AvgIpc) is 3.14. The molecular formula is C26H26BrN3O2S2. The zero-order valence-electron chi connectivity index (χ0n) is 19.5. The van der Waals surface area contributed by atoms with Gasteiger partial charge in [-0.3, -0.25) is 10.1 Å². The van der Waals surface area contributed by atoms with E-state index in [2.05, 4.69) is 53.4 Å². The number of carbonyl (C=O) groups is 1. The summed E-state index contributed by atoms with van der Waals surface area (Å²) in [4.78, 5) is 14.4. The van der Waals surface area contributed by atoms with E-state index in [1.807, 2.05) is 24.3 Å². The van der Waals surface area contributed by atoms with E-state index >= 15 is 0 Å². The van der Waals surface area contributed by atoms with E-state index in [9.17, 15) is 10.1 Å². The van der Waals surface area contributed by atoms with Crippen LogP contribution in [0.2, 0.25) is 0 Å². The molecule has 1 heterocycles. The minimum atomic E-state index is -0.381. The normalized spacial score (nSPS) is 15.4. The van der Waals surface area contributed by atoms with Gasteiger partial charge in [0.05, 0.1) is 22.7 Å². The number of benzene rings is 2. The third-order valence-corrected chi connectivity index (χ3v) is 8.61. The fraction of sp³-hybridized carbons (Fsp3) is 0.346. The van der Waals surface area contributed by atoms with Gasteiger partial charge in [0, 0.05) is 4.88 Å². The minimum Gasteiger partial charge on any atom is -0.495 e. The quantitative estimate of drug-likeness (QED) is 0.347. The van der Waals surface area contributed by atoms with Gasteiger partial charge in [-0.25, -0.2) is 0 Å². The van der Waals surface area contributed by atoms with Crippen molar-refractivity contribution in [3.63, 3.8) is 0 Å². The summed E-state index contributed by atoms with van der Waals surface area (Å²) in [5, 5.41) is 18.4. The molecule has 34 heavy (non-hydrogen) atoms. The van der Waals surface area contributed by atoms with Crippen molar-refractivity contribution in [2.24, 2.45) is 11.3 Å². The molecule has 2 aromatic carbocycles. The summed E-state index contributed by atoms with van der Waals surface area (Å²) < 4.78 is 6.23. The number of amides is 1. The number of nitrogens with one attached hydrogen (secondary N) is 2. The van der Waals surface area contributed by atoms with Gasteiger partial charge < -0.3 is 10.1 Å². The van der Waals surface area contributed by atoms with Gasteiger partial charge in [-0.2, -0.15) is 5.26 Å². The summed E-state index contributed by atoms with van der Waals surface area (Å²) in [6.45, 7) is 6.81. The summed E-state index contributed by atoms with van der Waals surface area (Å²) in [5.74, 6) is 0.633. The Hall–Kier alpha value is -2.47. The van der Waals surface area contributed by atoms with Gasteiger partial charge >= 0.3 is 0 Å². The predicted octanol–water partition coefficient (Wildman–Crippen LogP) is 6.82. The number of nitriles is 1. The highest BCUT2D eigenvalue weighted by Crippen LogP contribution is 2.44. The molecular weight excluding hydrogens is 530 g/mol. The molecule has 0 aliphatic heterocycles. The largest absolute Gasteiger partial charge is 0.495 e. The molecule has 0 spiro atoms. The maximum atomic E-state index is 13.1. The van der Waals surface area contributed by atoms with Crippen LogP contribution in [0.4, 0.5) is 5.00 Å². The van der Waals surface area contributed by atoms with Crippen molar-refractivity contribution in [2.75, 3.05) is 12.4 Å². The van der Waals surface area contributed by atoms with Crippen LogP contribution < -0.4 is 15.4 Å². The Balaban J connectivity index is 1.56. The van der Waals surface area contributed by atoms with E-state index in [-0.39, 0.29) is 16.4 Å². The van der Waals surface area contributed by atoms with Crippen molar-refractivity contribution >= 4 is 66.3 Å². The molecule has 1 aliphatic rings. The summed E-state index contributed by atoms with van der Waals surface area (Å²) >= 11 is 10.6. The zero-order valence-corrected chi connectivity index (χ0v) is 22.8.